The Morgan fingerprint density at radius 2 is 1.84 bits per heavy atom. The third-order valence-corrected chi connectivity index (χ3v) is 12.2. The fourth-order valence-corrected chi connectivity index (χ4v) is 10.1. The van der Waals surface area contributed by atoms with Crippen molar-refractivity contribution < 1.29 is 28.9 Å². The van der Waals surface area contributed by atoms with Gasteiger partial charge in [0, 0.05) is 13.1 Å². The van der Waals surface area contributed by atoms with Crippen LogP contribution in [0.4, 0.5) is 5.82 Å². The molecular formula is C21H37N3O7Si. The van der Waals surface area contributed by atoms with Crippen molar-refractivity contribution in [2.24, 2.45) is 0 Å². The van der Waals surface area contributed by atoms with Crippen LogP contribution in [0, 0.1) is 0 Å². The first-order chi connectivity index (χ1) is 14.9. The second-order valence-corrected chi connectivity index (χ2v) is 14.6. The summed E-state index contributed by atoms with van der Waals surface area (Å²) in [5, 5.41) is 22.7. The molecule has 0 unspecified atom stereocenters. The highest BCUT2D eigenvalue weighted by Gasteiger charge is 2.48. The van der Waals surface area contributed by atoms with Crippen molar-refractivity contribution in [1.82, 2.24) is 9.55 Å². The van der Waals surface area contributed by atoms with E-state index in [2.05, 4.69) is 51.8 Å². The van der Waals surface area contributed by atoms with Gasteiger partial charge in [-0.05, 0) is 22.7 Å². The van der Waals surface area contributed by atoms with Crippen molar-refractivity contribution >= 4 is 20.0 Å². The molecule has 1 aliphatic heterocycles. The normalized spacial score (nSPS) is 24.0. The van der Waals surface area contributed by atoms with E-state index in [4.69, 9.17) is 13.9 Å². The van der Waals surface area contributed by atoms with Gasteiger partial charge in [0.1, 0.15) is 30.9 Å². The number of rotatable bonds is 10. The molecule has 1 saturated heterocycles. The van der Waals surface area contributed by atoms with Crippen LogP contribution < -0.4 is 11.0 Å². The highest BCUT2D eigenvalue weighted by molar-refractivity contribution is 6.77. The van der Waals surface area contributed by atoms with Crippen molar-refractivity contribution in [2.75, 3.05) is 18.7 Å². The smallest absolute Gasteiger partial charge is 0.351 e. The third-order valence-electron chi connectivity index (χ3n) is 6.18. The van der Waals surface area contributed by atoms with Gasteiger partial charge >= 0.3 is 5.69 Å². The van der Waals surface area contributed by atoms with Crippen molar-refractivity contribution in [2.45, 2.75) is 89.6 Å². The van der Waals surface area contributed by atoms with Gasteiger partial charge in [0.2, 0.25) is 14.2 Å². The summed E-state index contributed by atoms with van der Waals surface area (Å²) in [5.74, 6) is -0.243. The molecule has 182 valence electrons. The van der Waals surface area contributed by atoms with Crippen molar-refractivity contribution in [1.29, 1.82) is 0 Å². The lowest BCUT2D eigenvalue weighted by Crippen LogP contribution is -2.49. The van der Waals surface area contributed by atoms with E-state index in [0.29, 0.717) is 16.6 Å². The quantitative estimate of drug-likeness (QED) is 0.349. The second kappa shape index (κ2) is 11.0. The molecule has 0 aliphatic carbocycles. The molecule has 1 aliphatic rings. The summed E-state index contributed by atoms with van der Waals surface area (Å²) in [7, 11) is -2.20. The van der Waals surface area contributed by atoms with E-state index in [1.165, 1.54) is 23.8 Å². The number of nitrogens with one attached hydrogen (secondary N) is 1. The number of ether oxygens (including phenoxy) is 2. The molecule has 1 aromatic heterocycles. The maximum Gasteiger partial charge on any atom is 0.351 e. The van der Waals surface area contributed by atoms with E-state index in [9.17, 15) is 19.8 Å². The number of aliphatic hydroxyl groups excluding tert-OH is 2. The van der Waals surface area contributed by atoms with Crippen LogP contribution in [0.5, 0.6) is 0 Å². The Morgan fingerprint density at radius 1 is 1.25 bits per heavy atom. The van der Waals surface area contributed by atoms with Gasteiger partial charge in [-0.25, -0.2) is 4.79 Å². The monoisotopic (exact) mass is 471 g/mol. The van der Waals surface area contributed by atoms with Crippen molar-refractivity contribution in [3.05, 3.63) is 22.7 Å². The predicted molar refractivity (Wildman–Crippen MR) is 122 cm³/mol. The number of amides is 1. The zero-order valence-electron chi connectivity index (χ0n) is 19.9. The highest BCUT2D eigenvalue weighted by Crippen LogP contribution is 2.42. The number of aliphatic hydroxyl groups is 2. The summed E-state index contributed by atoms with van der Waals surface area (Å²) >= 11 is 0. The number of carbonyl (C=O) groups is 1. The maximum atomic E-state index is 12.6. The Labute approximate surface area is 190 Å². The number of aromatic nitrogens is 2. The number of carbonyl (C=O) groups excluding carboxylic acids is 1. The van der Waals surface area contributed by atoms with Gasteiger partial charge in [-0.2, -0.15) is 4.98 Å². The molecule has 2 rings (SSSR count). The molecule has 11 heteroatoms. The first kappa shape index (κ1) is 26.6. The van der Waals surface area contributed by atoms with Crippen LogP contribution in [0.1, 0.15) is 54.7 Å². The lowest BCUT2D eigenvalue weighted by Gasteiger charge is -2.42. The summed E-state index contributed by atoms with van der Waals surface area (Å²) in [5.41, 5.74) is 0.372. The Morgan fingerprint density at radius 3 is 2.31 bits per heavy atom. The third kappa shape index (κ3) is 5.46. The van der Waals surface area contributed by atoms with Crippen LogP contribution in [-0.4, -0.2) is 65.7 Å². The van der Waals surface area contributed by atoms with Gasteiger partial charge in [0.25, 0.3) is 0 Å². The fourth-order valence-electron chi connectivity index (χ4n) is 4.84. The molecule has 10 nitrogen and oxygen atoms in total. The molecule has 1 fully saturated rings. The van der Waals surface area contributed by atoms with Crippen LogP contribution in [0.3, 0.4) is 0 Å². The van der Waals surface area contributed by atoms with Gasteiger partial charge in [0.15, 0.2) is 6.23 Å². The summed E-state index contributed by atoms with van der Waals surface area (Å²) < 4.78 is 19.2. The molecular weight excluding hydrogens is 434 g/mol. The van der Waals surface area contributed by atoms with Crippen LogP contribution >= 0.6 is 0 Å². The summed E-state index contributed by atoms with van der Waals surface area (Å²) in [6, 6.07) is 1.45. The lowest BCUT2D eigenvalue weighted by atomic mass is 10.1. The number of hydrogen-bond donors (Lipinski definition) is 3. The van der Waals surface area contributed by atoms with E-state index in [1.54, 1.807) is 0 Å². The molecule has 0 radical (unpaired) electrons. The number of anilines is 1. The fraction of sp³-hybridized carbons (Fsp3) is 0.762. The molecule has 1 amide bonds. The summed E-state index contributed by atoms with van der Waals surface area (Å²) in [4.78, 5) is 27.6. The minimum absolute atomic E-state index is 0.0628. The average Bonchev–Trinajstić information content (AvgIpc) is 2.99. The minimum Gasteiger partial charge on any atom is -0.394 e. The largest absolute Gasteiger partial charge is 0.394 e. The first-order valence-electron chi connectivity index (χ1n) is 11.0. The predicted octanol–water partition coefficient (Wildman–Crippen LogP) is 1.99. The molecule has 0 spiro atoms. The van der Waals surface area contributed by atoms with Gasteiger partial charge < -0.3 is 29.4 Å². The molecule has 0 aromatic carbocycles. The van der Waals surface area contributed by atoms with Crippen molar-refractivity contribution in [3.8, 4) is 0 Å². The molecule has 3 N–H and O–H groups in total. The Kier molecular flexibility index (Phi) is 9.14. The minimum atomic E-state index is -2.20. The molecule has 0 bridgehead atoms. The maximum absolute atomic E-state index is 12.6. The van der Waals surface area contributed by atoms with Gasteiger partial charge in [-0.15, -0.1) is 0 Å². The van der Waals surface area contributed by atoms with E-state index in [0.717, 1.165) is 0 Å². The van der Waals surface area contributed by atoms with E-state index < -0.39 is 45.2 Å². The van der Waals surface area contributed by atoms with Gasteiger partial charge in [-0.1, -0.05) is 41.5 Å². The lowest BCUT2D eigenvalue weighted by molar-refractivity contribution is -0.115. The molecule has 2 heterocycles. The van der Waals surface area contributed by atoms with E-state index in [-0.39, 0.29) is 18.5 Å². The molecule has 1 aromatic rings. The topological polar surface area (TPSA) is 132 Å². The van der Waals surface area contributed by atoms with Gasteiger partial charge in [0.05, 0.1) is 6.61 Å². The Hall–Kier alpha value is -1.63. The van der Waals surface area contributed by atoms with Crippen LogP contribution in [-0.2, 0) is 18.7 Å². The standard InChI is InChI=1S/C21H37N3O7Si/c1-12(2)32(13(3)4,14(5)6)30-11-29-19-18(27)16(10-25)31-20(19)24-9-8-17(22-15(7)26)23-21(24)28/h8-9,12-14,16,18-20,25,27H,10-11H2,1-7H3,(H,22,23,26,28)/t16-,18-,19-,20-/m1/s1. The molecule has 32 heavy (non-hydrogen) atoms. The highest BCUT2D eigenvalue weighted by atomic mass is 28.4. The summed E-state index contributed by atoms with van der Waals surface area (Å²) in [6.07, 6.45) is -2.63. The first-order valence-corrected chi connectivity index (χ1v) is 13.2. The Bertz CT molecular complexity index is 808. The summed E-state index contributed by atoms with van der Waals surface area (Å²) in [6.45, 7) is 13.8. The van der Waals surface area contributed by atoms with E-state index in [1.807, 2.05) is 0 Å². The second-order valence-electron chi connectivity index (χ2n) is 9.13. The Balaban J connectivity index is 2.25. The van der Waals surface area contributed by atoms with Crippen molar-refractivity contribution in [3.63, 3.8) is 0 Å². The van der Waals surface area contributed by atoms with Gasteiger partial charge in [-0.3, -0.25) is 9.36 Å². The van der Waals surface area contributed by atoms with Crippen LogP contribution in [0.15, 0.2) is 17.1 Å². The zero-order valence-corrected chi connectivity index (χ0v) is 20.9. The van der Waals surface area contributed by atoms with Crippen LogP contribution in [0.2, 0.25) is 16.6 Å². The SMILES string of the molecule is CC(=O)Nc1ccn([C@@H]2O[C@H](CO)[C@@H](O)[C@H]2OCO[Si](C(C)C)(C(C)C)C(C)C)c(=O)n1. The van der Waals surface area contributed by atoms with Crippen LogP contribution in [0.25, 0.3) is 0 Å². The number of nitrogens with zero attached hydrogens (tertiary/aromatic N) is 2. The average molecular weight is 472 g/mol. The molecule has 0 saturated carbocycles. The number of hydrogen-bond acceptors (Lipinski definition) is 8. The molecule has 4 atom stereocenters. The zero-order chi connectivity index (χ0) is 24.2. The van der Waals surface area contributed by atoms with E-state index >= 15 is 0 Å².